The van der Waals surface area contributed by atoms with E-state index < -0.39 is 12.2 Å². The Morgan fingerprint density at radius 1 is 1.37 bits per heavy atom. The molecule has 2 fully saturated rings. The maximum Gasteiger partial charge on any atom is 0.252 e. The number of aliphatic hydroxyl groups excluding tert-OH is 2. The van der Waals surface area contributed by atoms with Crippen LogP contribution in [0.1, 0.15) is 32.1 Å². The molecule has 1 saturated heterocycles. The van der Waals surface area contributed by atoms with E-state index in [0.29, 0.717) is 12.8 Å². The third kappa shape index (κ3) is 3.45. The smallest absolute Gasteiger partial charge is 0.252 e. The predicted molar refractivity (Wildman–Crippen MR) is 67.6 cm³/mol. The second-order valence-electron chi connectivity index (χ2n) is 5.33. The summed E-state index contributed by atoms with van der Waals surface area (Å²) in [5.41, 5.74) is 0. The van der Waals surface area contributed by atoms with E-state index in [1.54, 1.807) is 7.11 Å². The second kappa shape index (κ2) is 6.65. The Morgan fingerprint density at radius 3 is 2.74 bits per heavy atom. The first-order valence-electron chi connectivity index (χ1n) is 6.93. The van der Waals surface area contributed by atoms with Crippen molar-refractivity contribution in [2.75, 3.05) is 13.7 Å². The van der Waals surface area contributed by atoms with Crippen LogP contribution in [0, 0.1) is 0 Å². The molecule has 0 spiro atoms. The number of carbonyl (C=O) groups is 1. The van der Waals surface area contributed by atoms with Gasteiger partial charge in [-0.25, -0.2) is 0 Å². The molecule has 1 aliphatic heterocycles. The molecule has 19 heavy (non-hydrogen) atoms. The molecular formula is C13H23NO5. The highest BCUT2D eigenvalue weighted by atomic mass is 16.6. The minimum absolute atomic E-state index is 0.0910. The van der Waals surface area contributed by atoms with Gasteiger partial charge in [-0.15, -0.1) is 0 Å². The number of nitrogens with one attached hydrogen (secondary N) is 1. The van der Waals surface area contributed by atoms with Crippen molar-refractivity contribution in [1.29, 1.82) is 0 Å². The summed E-state index contributed by atoms with van der Waals surface area (Å²) in [6, 6.07) is -0.192. The molecule has 1 heterocycles. The molecule has 5 atom stereocenters. The molecule has 2 aliphatic rings. The van der Waals surface area contributed by atoms with E-state index in [0.717, 1.165) is 19.3 Å². The maximum atomic E-state index is 12.2. The molecular weight excluding hydrogens is 250 g/mol. The van der Waals surface area contributed by atoms with E-state index in [-0.39, 0.29) is 30.8 Å². The second-order valence-corrected chi connectivity index (χ2v) is 5.33. The van der Waals surface area contributed by atoms with Gasteiger partial charge >= 0.3 is 0 Å². The average molecular weight is 273 g/mol. The molecule has 5 unspecified atom stereocenters. The molecule has 0 aromatic carbocycles. The fourth-order valence-corrected chi connectivity index (χ4v) is 2.84. The van der Waals surface area contributed by atoms with Gasteiger partial charge in [0.1, 0.15) is 0 Å². The van der Waals surface area contributed by atoms with Crippen molar-refractivity contribution < 1.29 is 24.5 Å². The van der Waals surface area contributed by atoms with Gasteiger partial charge in [0, 0.05) is 7.11 Å². The Morgan fingerprint density at radius 2 is 2.16 bits per heavy atom. The highest BCUT2D eigenvalue weighted by Crippen LogP contribution is 2.24. The number of rotatable bonds is 4. The first kappa shape index (κ1) is 14.7. The summed E-state index contributed by atoms with van der Waals surface area (Å²) in [5, 5.41) is 21.7. The quantitative estimate of drug-likeness (QED) is 0.647. The van der Waals surface area contributed by atoms with Crippen LogP contribution in [-0.2, 0) is 14.3 Å². The summed E-state index contributed by atoms with van der Waals surface area (Å²) in [6.45, 7) is -0.0910. The predicted octanol–water partition coefficient (Wildman–Crippen LogP) is -0.429. The van der Waals surface area contributed by atoms with Crippen molar-refractivity contribution in [3.8, 4) is 0 Å². The lowest BCUT2D eigenvalue weighted by Crippen LogP contribution is -2.53. The SMILES string of the molecule is COC1CCC(CO)OC1C(=O)NC1CCCC1O. The molecule has 3 N–H and O–H groups in total. The lowest BCUT2D eigenvalue weighted by atomic mass is 10.00. The molecule has 110 valence electrons. The van der Waals surface area contributed by atoms with Gasteiger partial charge in [-0.1, -0.05) is 0 Å². The minimum Gasteiger partial charge on any atom is -0.394 e. The van der Waals surface area contributed by atoms with Crippen LogP contribution in [0.4, 0.5) is 0 Å². The lowest BCUT2D eigenvalue weighted by Gasteiger charge is -2.34. The van der Waals surface area contributed by atoms with Crippen LogP contribution in [0.25, 0.3) is 0 Å². The van der Waals surface area contributed by atoms with Crippen molar-refractivity contribution in [1.82, 2.24) is 5.32 Å². The number of hydrogen-bond acceptors (Lipinski definition) is 5. The fraction of sp³-hybridized carbons (Fsp3) is 0.923. The van der Waals surface area contributed by atoms with Crippen molar-refractivity contribution in [3.63, 3.8) is 0 Å². The molecule has 1 aliphatic carbocycles. The van der Waals surface area contributed by atoms with E-state index in [4.69, 9.17) is 14.6 Å². The molecule has 0 aromatic rings. The third-order valence-electron chi connectivity index (χ3n) is 4.02. The molecule has 0 radical (unpaired) electrons. The standard InChI is InChI=1S/C13H23NO5/c1-18-11-6-5-8(7-15)19-12(11)13(17)14-9-3-2-4-10(9)16/h8-12,15-16H,2-7H2,1H3,(H,14,17). The van der Waals surface area contributed by atoms with Gasteiger partial charge in [0.25, 0.3) is 5.91 Å². The van der Waals surface area contributed by atoms with Gasteiger partial charge < -0.3 is 25.0 Å². The highest BCUT2D eigenvalue weighted by molar-refractivity contribution is 5.82. The van der Waals surface area contributed by atoms with Gasteiger partial charge in [-0.05, 0) is 32.1 Å². The maximum absolute atomic E-state index is 12.2. The van der Waals surface area contributed by atoms with Gasteiger partial charge in [0.05, 0.1) is 31.0 Å². The Labute approximate surface area is 113 Å². The van der Waals surface area contributed by atoms with Crippen molar-refractivity contribution >= 4 is 5.91 Å². The van der Waals surface area contributed by atoms with Crippen LogP contribution in [0.15, 0.2) is 0 Å². The summed E-state index contributed by atoms with van der Waals surface area (Å²) in [4.78, 5) is 12.2. The number of hydrogen-bond donors (Lipinski definition) is 3. The van der Waals surface area contributed by atoms with Crippen molar-refractivity contribution in [3.05, 3.63) is 0 Å². The Balaban J connectivity index is 1.94. The third-order valence-corrected chi connectivity index (χ3v) is 4.02. The number of amides is 1. The van der Waals surface area contributed by atoms with Crippen LogP contribution in [0.2, 0.25) is 0 Å². The van der Waals surface area contributed by atoms with Crippen LogP contribution >= 0.6 is 0 Å². The zero-order chi connectivity index (χ0) is 13.8. The topological polar surface area (TPSA) is 88.0 Å². The van der Waals surface area contributed by atoms with E-state index in [9.17, 15) is 9.90 Å². The zero-order valence-electron chi connectivity index (χ0n) is 11.2. The molecule has 0 aromatic heterocycles. The number of aliphatic hydroxyl groups is 2. The average Bonchev–Trinajstić information content (AvgIpc) is 2.83. The first-order chi connectivity index (χ1) is 9.15. The number of carbonyl (C=O) groups excluding carboxylic acids is 1. The summed E-state index contributed by atoms with van der Waals surface area (Å²) < 4.78 is 10.9. The van der Waals surface area contributed by atoms with Crippen LogP contribution in [0.5, 0.6) is 0 Å². The summed E-state index contributed by atoms with van der Waals surface area (Å²) in [5.74, 6) is -0.254. The van der Waals surface area contributed by atoms with Gasteiger partial charge in [-0.3, -0.25) is 4.79 Å². The number of ether oxygens (including phenoxy) is 2. The van der Waals surface area contributed by atoms with Gasteiger partial charge in [-0.2, -0.15) is 0 Å². The molecule has 0 bridgehead atoms. The summed E-state index contributed by atoms with van der Waals surface area (Å²) in [7, 11) is 1.55. The lowest BCUT2D eigenvalue weighted by molar-refractivity contribution is -0.167. The van der Waals surface area contributed by atoms with E-state index in [2.05, 4.69) is 5.32 Å². The molecule has 6 heteroatoms. The molecule has 2 rings (SSSR count). The van der Waals surface area contributed by atoms with Crippen LogP contribution in [-0.4, -0.2) is 60.3 Å². The molecule has 6 nitrogen and oxygen atoms in total. The number of methoxy groups -OCH3 is 1. The Kier molecular flexibility index (Phi) is 5.15. The van der Waals surface area contributed by atoms with E-state index in [1.807, 2.05) is 0 Å². The zero-order valence-corrected chi connectivity index (χ0v) is 11.2. The molecule has 1 saturated carbocycles. The van der Waals surface area contributed by atoms with Crippen molar-refractivity contribution in [2.24, 2.45) is 0 Å². The Bertz CT molecular complexity index is 311. The largest absolute Gasteiger partial charge is 0.394 e. The van der Waals surface area contributed by atoms with Crippen LogP contribution < -0.4 is 5.32 Å². The summed E-state index contributed by atoms with van der Waals surface area (Å²) >= 11 is 0. The monoisotopic (exact) mass is 273 g/mol. The van der Waals surface area contributed by atoms with Crippen LogP contribution in [0.3, 0.4) is 0 Å². The minimum atomic E-state index is -0.705. The molecule has 1 amide bonds. The van der Waals surface area contributed by atoms with E-state index in [1.165, 1.54) is 0 Å². The van der Waals surface area contributed by atoms with Gasteiger partial charge in [0.15, 0.2) is 6.10 Å². The summed E-state index contributed by atoms with van der Waals surface area (Å²) in [6.07, 6.45) is 2.04. The Hall–Kier alpha value is -0.690. The highest BCUT2D eigenvalue weighted by Gasteiger charge is 2.38. The van der Waals surface area contributed by atoms with Gasteiger partial charge in [0.2, 0.25) is 0 Å². The van der Waals surface area contributed by atoms with Crippen molar-refractivity contribution in [2.45, 2.75) is 62.6 Å². The van der Waals surface area contributed by atoms with E-state index >= 15 is 0 Å². The fourth-order valence-electron chi connectivity index (χ4n) is 2.84. The normalized spacial score (nSPS) is 39.2. The first-order valence-corrected chi connectivity index (χ1v) is 6.93.